The van der Waals surface area contributed by atoms with Crippen molar-refractivity contribution >= 4 is 17.4 Å². The Labute approximate surface area is 124 Å². The molecule has 0 bridgehead atoms. The largest absolute Gasteiger partial charge is 0.496 e. The zero-order chi connectivity index (χ0) is 14.4. The molecule has 0 unspecified atom stereocenters. The Hall–Kier alpha value is -1.65. The highest BCUT2D eigenvalue weighted by Gasteiger charge is 2.03. The van der Waals surface area contributed by atoms with Crippen LogP contribution >= 0.6 is 11.8 Å². The van der Waals surface area contributed by atoms with Gasteiger partial charge in [0, 0.05) is 17.1 Å². The zero-order valence-corrected chi connectivity index (χ0v) is 12.5. The molecule has 0 aliphatic heterocycles. The Morgan fingerprint density at radius 2 is 2.00 bits per heavy atom. The van der Waals surface area contributed by atoms with Crippen LogP contribution < -0.4 is 10.1 Å². The number of hydrogen-bond donors (Lipinski definition) is 2. The number of thioether (sulfide) groups is 1. The molecule has 0 heterocycles. The smallest absolute Gasteiger partial charge is 0.132 e. The zero-order valence-electron chi connectivity index (χ0n) is 11.7. The molecule has 0 radical (unpaired) electrons. The summed E-state index contributed by atoms with van der Waals surface area (Å²) in [5, 5.41) is 12.5. The predicted molar refractivity (Wildman–Crippen MR) is 84.5 cm³/mol. The summed E-state index contributed by atoms with van der Waals surface area (Å²) in [6, 6.07) is 14.0. The van der Waals surface area contributed by atoms with E-state index in [0.717, 1.165) is 28.4 Å². The lowest BCUT2D eigenvalue weighted by Gasteiger charge is -2.11. The second-order valence-corrected chi connectivity index (χ2v) is 5.25. The van der Waals surface area contributed by atoms with Crippen LogP contribution in [0.2, 0.25) is 0 Å². The standard InChI is InChI=1S/C16H19NO2S/c1-19-15-7-6-12(9-16(15)20-2)10-17-14-5-3-4-13(8-14)11-18/h3-9,17-18H,10-11H2,1-2H3. The van der Waals surface area contributed by atoms with Gasteiger partial charge in [-0.3, -0.25) is 0 Å². The molecule has 106 valence electrons. The lowest BCUT2D eigenvalue weighted by molar-refractivity contribution is 0.282. The molecule has 2 rings (SSSR count). The van der Waals surface area contributed by atoms with Gasteiger partial charge in [-0.25, -0.2) is 0 Å². The van der Waals surface area contributed by atoms with E-state index in [1.54, 1.807) is 18.9 Å². The van der Waals surface area contributed by atoms with Crippen LogP contribution in [0.4, 0.5) is 5.69 Å². The molecule has 2 N–H and O–H groups in total. The summed E-state index contributed by atoms with van der Waals surface area (Å²) in [5.41, 5.74) is 3.12. The number of aliphatic hydroxyl groups is 1. The van der Waals surface area contributed by atoms with Gasteiger partial charge in [-0.1, -0.05) is 18.2 Å². The molecule has 2 aromatic carbocycles. The normalized spacial score (nSPS) is 10.3. The van der Waals surface area contributed by atoms with Gasteiger partial charge in [0.05, 0.1) is 13.7 Å². The van der Waals surface area contributed by atoms with Crippen molar-refractivity contribution in [3.05, 3.63) is 53.6 Å². The third-order valence-electron chi connectivity index (χ3n) is 3.05. The van der Waals surface area contributed by atoms with Gasteiger partial charge in [0.2, 0.25) is 0 Å². The average Bonchev–Trinajstić information content (AvgIpc) is 2.52. The Balaban J connectivity index is 2.06. The molecule has 0 atom stereocenters. The molecule has 0 aromatic heterocycles. The molecule has 2 aromatic rings. The van der Waals surface area contributed by atoms with Crippen molar-refractivity contribution in [1.29, 1.82) is 0 Å². The fourth-order valence-corrected chi connectivity index (χ4v) is 2.60. The van der Waals surface area contributed by atoms with Crippen LogP contribution in [0.25, 0.3) is 0 Å². The summed E-state index contributed by atoms with van der Waals surface area (Å²) in [7, 11) is 1.69. The van der Waals surface area contributed by atoms with E-state index in [-0.39, 0.29) is 6.61 Å². The van der Waals surface area contributed by atoms with E-state index in [9.17, 15) is 0 Å². The number of ether oxygens (including phenoxy) is 1. The van der Waals surface area contributed by atoms with Crippen molar-refractivity contribution in [2.24, 2.45) is 0 Å². The van der Waals surface area contributed by atoms with Crippen molar-refractivity contribution < 1.29 is 9.84 Å². The lowest BCUT2D eigenvalue weighted by atomic mass is 10.2. The third kappa shape index (κ3) is 3.68. The number of nitrogens with one attached hydrogen (secondary N) is 1. The molecule has 3 nitrogen and oxygen atoms in total. The molecule has 0 saturated heterocycles. The molecule has 0 aliphatic carbocycles. The molecule has 0 amide bonds. The van der Waals surface area contributed by atoms with Crippen molar-refractivity contribution in [3.8, 4) is 5.75 Å². The molecule has 0 fully saturated rings. The van der Waals surface area contributed by atoms with Crippen LogP contribution in [-0.4, -0.2) is 18.5 Å². The number of rotatable bonds is 6. The minimum Gasteiger partial charge on any atom is -0.496 e. The minimum atomic E-state index is 0.0642. The first-order valence-electron chi connectivity index (χ1n) is 6.41. The first kappa shape index (κ1) is 14.8. The minimum absolute atomic E-state index is 0.0642. The van der Waals surface area contributed by atoms with Crippen LogP contribution in [0, 0.1) is 0 Å². The van der Waals surface area contributed by atoms with Crippen LogP contribution in [-0.2, 0) is 13.2 Å². The van der Waals surface area contributed by atoms with E-state index in [2.05, 4.69) is 17.4 Å². The molecule has 0 saturated carbocycles. The number of hydrogen-bond acceptors (Lipinski definition) is 4. The summed E-state index contributed by atoms with van der Waals surface area (Å²) >= 11 is 1.68. The monoisotopic (exact) mass is 289 g/mol. The maximum atomic E-state index is 9.13. The van der Waals surface area contributed by atoms with E-state index in [0.29, 0.717) is 0 Å². The van der Waals surface area contributed by atoms with Crippen molar-refractivity contribution in [2.75, 3.05) is 18.7 Å². The molecular weight excluding hydrogens is 270 g/mol. The summed E-state index contributed by atoms with van der Waals surface area (Å²) < 4.78 is 5.32. The van der Waals surface area contributed by atoms with Gasteiger partial charge in [-0.05, 0) is 41.6 Å². The van der Waals surface area contributed by atoms with E-state index in [1.807, 2.05) is 36.6 Å². The van der Waals surface area contributed by atoms with Crippen molar-refractivity contribution in [2.45, 2.75) is 18.0 Å². The topological polar surface area (TPSA) is 41.5 Å². The number of methoxy groups -OCH3 is 1. The summed E-state index contributed by atoms with van der Waals surface area (Å²) in [4.78, 5) is 1.14. The summed E-state index contributed by atoms with van der Waals surface area (Å²) in [5.74, 6) is 0.906. The van der Waals surface area contributed by atoms with Gasteiger partial charge in [0.15, 0.2) is 0 Å². The van der Waals surface area contributed by atoms with E-state index < -0.39 is 0 Å². The Bertz CT molecular complexity index is 572. The Morgan fingerprint density at radius 3 is 2.70 bits per heavy atom. The first-order valence-corrected chi connectivity index (χ1v) is 7.64. The fourth-order valence-electron chi connectivity index (χ4n) is 1.97. The maximum absolute atomic E-state index is 9.13. The van der Waals surface area contributed by atoms with Gasteiger partial charge in [-0.15, -0.1) is 11.8 Å². The average molecular weight is 289 g/mol. The number of aliphatic hydroxyl groups excluding tert-OH is 1. The predicted octanol–water partition coefficient (Wildman–Crippen LogP) is 3.52. The van der Waals surface area contributed by atoms with Crippen molar-refractivity contribution in [3.63, 3.8) is 0 Å². The summed E-state index contributed by atoms with van der Waals surface area (Å²) in [6.07, 6.45) is 2.04. The van der Waals surface area contributed by atoms with Gasteiger partial charge < -0.3 is 15.2 Å². The summed E-state index contributed by atoms with van der Waals surface area (Å²) in [6.45, 7) is 0.807. The van der Waals surface area contributed by atoms with E-state index >= 15 is 0 Å². The van der Waals surface area contributed by atoms with Gasteiger partial charge in [-0.2, -0.15) is 0 Å². The quantitative estimate of drug-likeness (QED) is 0.798. The highest BCUT2D eigenvalue weighted by Crippen LogP contribution is 2.28. The van der Waals surface area contributed by atoms with Gasteiger partial charge >= 0.3 is 0 Å². The first-order chi connectivity index (χ1) is 9.76. The second-order valence-electron chi connectivity index (χ2n) is 4.40. The van der Waals surface area contributed by atoms with Crippen LogP contribution in [0.15, 0.2) is 47.4 Å². The number of benzene rings is 2. The van der Waals surface area contributed by atoms with Crippen LogP contribution in [0.3, 0.4) is 0 Å². The Morgan fingerprint density at radius 1 is 1.15 bits per heavy atom. The maximum Gasteiger partial charge on any atom is 0.132 e. The SMILES string of the molecule is COc1ccc(CNc2cccc(CO)c2)cc1SC. The van der Waals surface area contributed by atoms with Crippen LogP contribution in [0.5, 0.6) is 5.75 Å². The highest BCUT2D eigenvalue weighted by molar-refractivity contribution is 7.98. The molecule has 0 spiro atoms. The molecule has 0 aliphatic rings. The third-order valence-corrected chi connectivity index (χ3v) is 3.81. The molecule has 4 heteroatoms. The highest BCUT2D eigenvalue weighted by atomic mass is 32.2. The molecular formula is C16H19NO2S. The number of anilines is 1. The lowest BCUT2D eigenvalue weighted by Crippen LogP contribution is -2.00. The van der Waals surface area contributed by atoms with Crippen LogP contribution in [0.1, 0.15) is 11.1 Å². The van der Waals surface area contributed by atoms with E-state index in [1.165, 1.54) is 5.56 Å². The van der Waals surface area contributed by atoms with Crippen molar-refractivity contribution in [1.82, 2.24) is 0 Å². The second kappa shape index (κ2) is 7.22. The van der Waals surface area contributed by atoms with E-state index in [4.69, 9.17) is 9.84 Å². The fraction of sp³-hybridized carbons (Fsp3) is 0.250. The Kier molecular flexibility index (Phi) is 5.32. The van der Waals surface area contributed by atoms with Gasteiger partial charge in [0.1, 0.15) is 5.75 Å². The molecule has 20 heavy (non-hydrogen) atoms. The van der Waals surface area contributed by atoms with Gasteiger partial charge in [0.25, 0.3) is 0 Å².